The van der Waals surface area contributed by atoms with E-state index in [-0.39, 0.29) is 29.5 Å². The minimum atomic E-state index is -2.70. The molecule has 186 valence electrons. The van der Waals surface area contributed by atoms with Crippen molar-refractivity contribution < 1.29 is 39.6 Å². The number of nitrogens with two attached hydrogens (primary N) is 1. The maximum Gasteiger partial charge on any atom is 0.255 e. The van der Waals surface area contributed by atoms with Gasteiger partial charge in [0.15, 0.2) is 17.7 Å². The predicted molar refractivity (Wildman–Crippen MR) is 124 cm³/mol. The summed E-state index contributed by atoms with van der Waals surface area (Å²) in [5, 5.41) is 44.3. The van der Waals surface area contributed by atoms with Gasteiger partial charge in [0.05, 0.1) is 17.2 Å². The number of hydrogen-bond acceptors (Lipinski definition) is 10. The highest BCUT2D eigenvalue weighted by Gasteiger charge is 2.64. The first-order valence-electron chi connectivity index (χ1n) is 10.9. The highest BCUT2D eigenvalue weighted by molar-refractivity contribution is 6.24. The van der Waals surface area contributed by atoms with Crippen LogP contribution in [-0.4, -0.2) is 88.9 Å². The highest BCUT2D eigenvalue weighted by Crippen LogP contribution is 2.53. The van der Waals surface area contributed by atoms with Gasteiger partial charge in [0.1, 0.15) is 22.8 Å². The molecule has 1 aromatic rings. The van der Waals surface area contributed by atoms with Crippen LogP contribution in [0.1, 0.15) is 27.9 Å². The standard InChI is InChI=1S/C24H27N3O8/c1-26(2)13-7-10(8-28)18(29)15-11(13)5-9-6-12-17(27(3)4)20(31)16(23(25)34)22(33)24(12,35)21(32)14(9)19(15)30/h7-9,12,17,29-30,33,35H,5-6H2,1-4H3,(H2,25,34)/t9-,12-,17?,24-/m0/s1. The SMILES string of the molecule is CN(C)c1cc(C=O)c(O)c2c1C[C@H]1C[C@H]3C(N(C)C)C(=O)C(C(N)=O)=C(O)[C@@]3(O)C(=O)C1=C2O. The third-order valence-corrected chi connectivity index (χ3v) is 7.34. The van der Waals surface area contributed by atoms with Crippen molar-refractivity contribution in [2.45, 2.75) is 24.5 Å². The first-order chi connectivity index (χ1) is 16.3. The van der Waals surface area contributed by atoms with Gasteiger partial charge in [0.2, 0.25) is 5.78 Å². The van der Waals surface area contributed by atoms with Gasteiger partial charge < -0.3 is 31.1 Å². The van der Waals surface area contributed by atoms with Gasteiger partial charge in [-0.05, 0) is 44.5 Å². The lowest BCUT2D eigenvalue weighted by Crippen LogP contribution is -2.65. The Morgan fingerprint density at radius 3 is 2.31 bits per heavy atom. The molecule has 4 atom stereocenters. The normalized spacial score (nSPS) is 28.0. The third kappa shape index (κ3) is 3.11. The van der Waals surface area contributed by atoms with Crippen molar-refractivity contribution in [2.75, 3.05) is 33.1 Å². The van der Waals surface area contributed by atoms with E-state index in [1.54, 1.807) is 19.0 Å². The minimum absolute atomic E-state index is 0.00513. The van der Waals surface area contributed by atoms with Crippen LogP contribution in [0.5, 0.6) is 5.75 Å². The Morgan fingerprint density at radius 1 is 1.17 bits per heavy atom. The maximum absolute atomic E-state index is 13.8. The second-order valence-electron chi connectivity index (χ2n) is 9.66. The van der Waals surface area contributed by atoms with Crippen molar-refractivity contribution >= 4 is 35.2 Å². The molecule has 1 aromatic carbocycles. The van der Waals surface area contributed by atoms with Crippen molar-refractivity contribution in [1.82, 2.24) is 4.90 Å². The molecule has 1 fully saturated rings. The number of rotatable bonds is 4. The number of primary amides is 1. The zero-order valence-corrected chi connectivity index (χ0v) is 19.7. The van der Waals surface area contributed by atoms with Gasteiger partial charge in [-0.15, -0.1) is 0 Å². The number of aliphatic hydroxyl groups excluding tert-OH is 2. The Labute approximate surface area is 200 Å². The van der Waals surface area contributed by atoms with E-state index < -0.39 is 63.8 Å². The molecule has 6 N–H and O–H groups in total. The predicted octanol–water partition coefficient (Wildman–Crippen LogP) is -0.157. The van der Waals surface area contributed by atoms with E-state index in [0.717, 1.165) is 0 Å². The number of benzene rings is 1. The van der Waals surface area contributed by atoms with Crippen LogP contribution >= 0.6 is 0 Å². The van der Waals surface area contributed by atoms with Gasteiger partial charge in [-0.25, -0.2) is 0 Å². The average Bonchev–Trinajstić information content (AvgIpc) is 2.75. The highest BCUT2D eigenvalue weighted by atomic mass is 16.3. The molecule has 3 aliphatic carbocycles. The number of Topliss-reactive ketones (excluding diaryl/α,β-unsaturated/α-hetero) is 2. The number of nitrogens with zero attached hydrogens (tertiary/aromatic N) is 2. The molecule has 0 radical (unpaired) electrons. The Morgan fingerprint density at radius 2 is 1.80 bits per heavy atom. The lowest BCUT2D eigenvalue weighted by atomic mass is 9.57. The zero-order valence-electron chi connectivity index (χ0n) is 19.7. The summed E-state index contributed by atoms with van der Waals surface area (Å²) in [4.78, 5) is 53.6. The molecule has 0 aliphatic heterocycles. The molecule has 1 unspecified atom stereocenters. The summed E-state index contributed by atoms with van der Waals surface area (Å²) in [5.74, 6) is -7.33. The third-order valence-electron chi connectivity index (χ3n) is 7.34. The monoisotopic (exact) mass is 485 g/mol. The number of hydrogen-bond donors (Lipinski definition) is 5. The van der Waals surface area contributed by atoms with Crippen molar-refractivity contribution in [3.63, 3.8) is 0 Å². The Hall–Kier alpha value is -3.70. The van der Waals surface area contributed by atoms with Gasteiger partial charge in [0.25, 0.3) is 5.91 Å². The summed E-state index contributed by atoms with van der Waals surface area (Å²) in [6, 6.07) is 0.326. The van der Waals surface area contributed by atoms with Gasteiger partial charge >= 0.3 is 0 Å². The number of amides is 1. The topological polar surface area (TPSA) is 182 Å². The van der Waals surface area contributed by atoms with E-state index in [1.165, 1.54) is 25.1 Å². The molecule has 0 heterocycles. The number of carbonyl (C=O) groups excluding carboxylic acids is 4. The summed E-state index contributed by atoms with van der Waals surface area (Å²) >= 11 is 0. The summed E-state index contributed by atoms with van der Waals surface area (Å²) in [6.45, 7) is 0. The molecule has 1 saturated carbocycles. The van der Waals surface area contributed by atoms with Crippen LogP contribution in [-0.2, 0) is 20.8 Å². The first-order valence-corrected chi connectivity index (χ1v) is 10.9. The number of ketones is 2. The second kappa shape index (κ2) is 7.92. The minimum Gasteiger partial charge on any atom is -0.508 e. The lowest BCUT2D eigenvalue weighted by molar-refractivity contribution is -0.153. The second-order valence-corrected chi connectivity index (χ2v) is 9.66. The molecule has 0 saturated heterocycles. The lowest BCUT2D eigenvalue weighted by Gasteiger charge is -2.50. The average molecular weight is 485 g/mol. The number of fused-ring (bicyclic) bond motifs is 3. The van der Waals surface area contributed by atoms with Crippen molar-refractivity contribution in [2.24, 2.45) is 17.6 Å². The fourth-order valence-electron chi connectivity index (χ4n) is 5.80. The Kier molecular flexibility index (Phi) is 5.53. The number of aromatic hydroxyl groups is 1. The van der Waals surface area contributed by atoms with E-state index in [0.29, 0.717) is 17.5 Å². The fourth-order valence-corrected chi connectivity index (χ4v) is 5.80. The summed E-state index contributed by atoms with van der Waals surface area (Å²) in [6.07, 6.45) is 0.560. The first kappa shape index (κ1) is 24.4. The number of carbonyl (C=O) groups is 4. The molecular weight excluding hydrogens is 458 g/mol. The van der Waals surface area contributed by atoms with Crippen molar-refractivity contribution in [3.8, 4) is 5.75 Å². The smallest absolute Gasteiger partial charge is 0.255 e. The summed E-state index contributed by atoms with van der Waals surface area (Å²) < 4.78 is 0. The maximum atomic E-state index is 13.8. The van der Waals surface area contributed by atoms with Crippen molar-refractivity contribution in [1.29, 1.82) is 0 Å². The van der Waals surface area contributed by atoms with Crippen molar-refractivity contribution in [3.05, 3.63) is 39.7 Å². The molecule has 0 aromatic heterocycles. The van der Waals surface area contributed by atoms with Crippen LogP contribution in [0.4, 0.5) is 5.69 Å². The summed E-state index contributed by atoms with van der Waals surface area (Å²) in [7, 11) is 6.52. The number of aldehydes is 1. The molecule has 3 aliphatic rings. The largest absolute Gasteiger partial charge is 0.508 e. The Bertz CT molecular complexity index is 1260. The van der Waals surface area contributed by atoms with Crippen LogP contribution in [0.2, 0.25) is 0 Å². The van der Waals surface area contributed by atoms with Crippen LogP contribution < -0.4 is 10.6 Å². The van der Waals surface area contributed by atoms with Crippen LogP contribution in [0.15, 0.2) is 23.0 Å². The van der Waals surface area contributed by atoms with Crippen LogP contribution in [0.3, 0.4) is 0 Å². The molecule has 35 heavy (non-hydrogen) atoms. The molecule has 4 rings (SSSR count). The van der Waals surface area contributed by atoms with E-state index in [9.17, 15) is 39.6 Å². The number of phenols is 1. The number of anilines is 1. The molecule has 0 bridgehead atoms. The summed E-state index contributed by atoms with van der Waals surface area (Å²) in [5.41, 5.74) is 2.28. The Balaban J connectivity index is 2.02. The van der Waals surface area contributed by atoms with Crippen LogP contribution in [0.25, 0.3) is 5.76 Å². The zero-order chi connectivity index (χ0) is 26.1. The van der Waals surface area contributed by atoms with E-state index in [1.807, 2.05) is 0 Å². The molecule has 0 spiro atoms. The number of likely N-dealkylation sites (N-methyl/N-ethyl adjacent to an activating group) is 1. The van der Waals surface area contributed by atoms with E-state index >= 15 is 0 Å². The number of phenolic OH excluding ortho intramolecular Hbond substituents is 1. The molecular formula is C24H27N3O8. The fraction of sp³-hybridized carbons (Fsp3) is 0.417. The van der Waals surface area contributed by atoms with E-state index in [4.69, 9.17) is 5.73 Å². The van der Waals surface area contributed by atoms with Gasteiger partial charge in [-0.2, -0.15) is 0 Å². The molecule has 11 nitrogen and oxygen atoms in total. The van der Waals surface area contributed by atoms with Gasteiger partial charge in [-0.3, -0.25) is 24.1 Å². The molecule has 1 amide bonds. The quantitative estimate of drug-likeness (QED) is 0.284. The van der Waals surface area contributed by atoms with E-state index in [2.05, 4.69) is 0 Å². The van der Waals surface area contributed by atoms with Gasteiger partial charge in [-0.1, -0.05) is 0 Å². The number of aliphatic hydroxyl groups is 3. The van der Waals surface area contributed by atoms with Gasteiger partial charge in [0, 0.05) is 31.3 Å². The van der Waals surface area contributed by atoms with Crippen LogP contribution in [0, 0.1) is 11.8 Å². The molecule has 11 heteroatoms.